The normalized spacial score (nSPS) is 12.9. The van der Waals surface area contributed by atoms with Crippen LogP contribution in [0.2, 0.25) is 0 Å². The second kappa shape index (κ2) is 1.61. The van der Waals surface area contributed by atoms with Crippen LogP contribution in [0.4, 0.5) is 0 Å². The molecule has 40 valence electrons. The lowest BCUT2D eigenvalue weighted by atomic mass is 10.7. The Morgan fingerprint density at radius 3 is 2.29 bits per heavy atom. The van der Waals surface area contributed by atoms with Crippen molar-refractivity contribution in [1.29, 1.82) is 0 Å². The fourth-order valence-electron chi connectivity index (χ4n) is 0.130. The van der Waals surface area contributed by atoms with Crippen molar-refractivity contribution >= 4 is 5.97 Å². The average molecular weight is 104 g/mol. The number of hydrogen-bond donors (Lipinski definition) is 1. The Kier molecular flexibility index (Phi) is 1.38. The number of carboxylic acids is 1. The molecule has 1 aliphatic heterocycles. The van der Waals surface area contributed by atoms with Crippen LogP contribution in [0.25, 0.3) is 0 Å². The molecule has 0 unspecified atom stereocenters. The van der Waals surface area contributed by atoms with Crippen LogP contribution in [0.3, 0.4) is 0 Å². The van der Waals surface area contributed by atoms with Gasteiger partial charge in [0.05, 0.1) is 0 Å². The topological polar surface area (TPSA) is 81.3 Å². The third kappa shape index (κ3) is 1.23. The van der Waals surface area contributed by atoms with Gasteiger partial charge in [-0.1, -0.05) is 0 Å². The Bertz CT molecular complexity index is 114. The molecular weight excluding hydrogens is 100 g/mol. The van der Waals surface area contributed by atoms with Gasteiger partial charge in [-0.05, 0) is 0 Å². The zero-order valence-corrected chi connectivity index (χ0v) is 3.34. The van der Waals surface area contributed by atoms with Crippen molar-refractivity contribution in [2.24, 2.45) is 0 Å². The summed E-state index contributed by atoms with van der Waals surface area (Å²) in [5.41, 5.74) is 0. The third-order valence-corrected chi connectivity index (χ3v) is 0.446. The SMILES string of the molecule is O.O=C(O)C1=CO1. The maximum absolute atomic E-state index is 9.57. The summed E-state index contributed by atoms with van der Waals surface area (Å²) >= 11 is 0. The van der Waals surface area contributed by atoms with E-state index in [2.05, 4.69) is 4.74 Å². The number of hydrogen-bond acceptors (Lipinski definition) is 2. The molecule has 0 atom stereocenters. The van der Waals surface area contributed by atoms with Crippen LogP contribution in [-0.2, 0) is 9.53 Å². The first kappa shape index (κ1) is 5.97. The Morgan fingerprint density at radius 1 is 1.86 bits per heavy atom. The number of aliphatic carboxylic acids is 1. The van der Waals surface area contributed by atoms with Crippen molar-refractivity contribution in [3.63, 3.8) is 0 Å². The lowest BCUT2D eigenvalue weighted by Crippen LogP contribution is -1.88. The van der Waals surface area contributed by atoms with E-state index in [-0.39, 0.29) is 11.2 Å². The maximum Gasteiger partial charge on any atom is 0.375 e. The maximum atomic E-state index is 9.57. The van der Waals surface area contributed by atoms with Crippen LogP contribution in [-0.4, -0.2) is 16.6 Å². The van der Waals surface area contributed by atoms with Crippen LogP contribution >= 0.6 is 0 Å². The summed E-state index contributed by atoms with van der Waals surface area (Å²) in [4.78, 5) is 9.57. The van der Waals surface area contributed by atoms with Gasteiger partial charge in [-0.2, -0.15) is 0 Å². The quantitative estimate of drug-likeness (QED) is 0.468. The molecule has 0 bridgehead atoms. The number of carboxylic acid groups (broad SMARTS) is 1. The molecule has 0 saturated heterocycles. The van der Waals surface area contributed by atoms with E-state index in [1.807, 2.05) is 0 Å². The van der Waals surface area contributed by atoms with Gasteiger partial charge in [-0.25, -0.2) is 4.79 Å². The lowest BCUT2D eigenvalue weighted by Gasteiger charge is -1.69. The fourth-order valence-corrected chi connectivity index (χ4v) is 0.130. The summed E-state index contributed by atoms with van der Waals surface area (Å²) in [7, 11) is 0. The first-order valence-corrected chi connectivity index (χ1v) is 1.41. The van der Waals surface area contributed by atoms with E-state index in [0.717, 1.165) is 0 Å². The van der Waals surface area contributed by atoms with E-state index < -0.39 is 5.97 Å². The Labute approximate surface area is 39.3 Å². The number of ether oxygens (including phenoxy) is 1. The first-order chi connectivity index (χ1) is 2.80. The molecule has 4 nitrogen and oxygen atoms in total. The van der Waals surface area contributed by atoms with E-state index in [9.17, 15) is 4.79 Å². The molecule has 0 radical (unpaired) electrons. The van der Waals surface area contributed by atoms with Gasteiger partial charge >= 0.3 is 5.97 Å². The molecule has 0 aromatic rings. The van der Waals surface area contributed by atoms with Gasteiger partial charge in [-0.3, -0.25) is 0 Å². The summed E-state index contributed by atoms with van der Waals surface area (Å²) < 4.78 is 4.16. The van der Waals surface area contributed by atoms with Crippen molar-refractivity contribution < 1.29 is 20.1 Å². The van der Waals surface area contributed by atoms with Crippen molar-refractivity contribution in [3.05, 3.63) is 12.0 Å². The van der Waals surface area contributed by atoms with Crippen LogP contribution in [0.15, 0.2) is 12.0 Å². The monoisotopic (exact) mass is 104 g/mol. The summed E-state index contributed by atoms with van der Waals surface area (Å²) in [6, 6.07) is 0. The molecule has 1 rings (SSSR count). The molecule has 1 aliphatic rings. The molecule has 0 saturated carbocycles. The minimum absolute atomic E-state index is 0. The van der Waals surface area contributed by atoms with E-state index in [1.54, 1.807) is 0 Å². The van der Waals surface area contributed by atoms with Crippen molar-refractivity contribution in [2.75, 3.05) is 0 Å². The second-order valence-corrected chi connectivity index (χ2v) is 0.905. The minimum atomic E-state index is -0.991. The molecule has 0 amide bonds. The highest BCUT2D eigenvalue weighted by atomic mass is 16.6. The van der Waals surface area contributed by atoms with Crippen molar-refractivity contribution in [2.45, 2.75) is 0 Å². The van der Waals surface area contributed by atoms with Crippen LogP contribution in [0.5, 0.6) is 0 Å². The zero-order valence-electron chi connectivity index (χ0n) is 3.34. The highest BCUT2D eigenvalue weighted by Crippen LogP contribution is 2.11. The van der Waals surface area contributed by atoms with Gasteiger partial charge in [-0.15, -0.1) is 0 Å². The third-order valence-electron chi connectivity index (χ3n) is 0.446. The molecule has 0 aromatic heterocycles. The highest BCUT2D eigenvalue weighted by Gasteiger charge is 2.17. The van der Waals surface area contributed by atoms with E-state index in [4.69, 9.17) is 5.11 Å². The molecule has 7 heavy (non-hydrogen) atoms. The van der Waals surface area contributed by atoms with Gasteiger partial charge in [0.25, 0.3) is 0 Å². The Balaban J connectivity index is 0.000000360. The Hall–Kier alpha value is -1.03. The van der Waals surface area contributed by atoms with Crippen LogP contribution < -0.4 is 0 Å². The molecule has 0 spiro atoms. The van der Waals surface area contributed by atoms with Crippen LogP contribution in [0.1, 0.15) is 0 Å². The molecule has 1 heterocycles. The molecule has 0 fully saturated rings. The molecule has 0 aromatic carbocycles. The smallest absolute Gasteiger partial charge is 0.375 e. The highest BCUT2D eigenvalue weighted by molar-refractivity contribution is 5.86. The summed E-state index contributed by atoms with van der Waals surface area (Å²) in [5.74, 6) is -0.940. The van der Waals surface area contributed by atoms with Crippen molar-refractivity contribution in [3.8, 4) is 0 Å². The second-order valence-electron chi connectivity index (χ2n) is 0.905. The van der Waals surface area contributed by atoms with E-state index >= 15 is 0 Å². The van der Waals surface area contributed by atoms with E-state index in [0.29, 0.717) is 0 Å². The summed E-state index contributed by atoms with van der Waals surface area (Å²) in [5, 5.41) is 7.86. The predicted molar refractivity (Wildman–Crippen MR) is 20.4 cm³/mol. The van der Waals surface area contributed by atoms with Crippen LogP contribution in [0, 0.1) is 0 Å². The predicted octanol–water partition coefficient (Wildman–Crippen LogP) is -0.882. The molecule has 0 aliphatic carbocycles. The molecule has 4 heteroatoms. The number of carbonyl (C=O) groups is 1. The first-order valence-electron chi connectivity index (χ1n) is 1.41. The van der Waals surface area contributed by atoms with Gasteiger partial charge in [0.2, 0.25) is 5.76 Å². The largest absolute Gasteiger partial charge is 0.475 e. The zero-order chi connectivity index (χ0) is 4.57. The standard InChI is InChI=1S/C3H2O3.H2O/c4-3(5)2-1-6-2;/h1H,(H,4,5);1H2. The Morgan fingerprint density at radius 2 is 2.29 bits per heavy atom. The van der Waals surface area contributed by atoms with Gasteiger partial charge in [0.1, 0.15) is 6.26 Å². The fraction of sp³-hybridized carbons (Fsp3) is 0. The molecule has 3 N–H and O–H groups in total. The lowest BCUT2D eigenvalue weighted by molar-refractivity contribution is -0.133. The van der Waals surface area contributed by atoms with Gasteiger partial charge < -0.3 is 15.3 Å². The molecular formula is C3H4O4. The van der Waals surface area contributed by atoms with Crippen molar-refractivity contribution in [1.82, 2.24) is 0 Å². The summed E-state index contributed by atoms with van der Waals surface area (Å²) in [6.07, 6.45) is 1.18. The van der Waals surface area contributed by atoms with Gasteiger partial charge in [0, 0.05) is 0 Å². The number of rotatable bonds is 1. The summed E-state index contributed by atoms with van der Waals surface area (Å²) in [6.45, 7) is 0. The van der Waals surface area contributed by atoms with Gasteiger partial charge in [0.15, 0.2) is 0 Å². The van der Waals surface area contributed by atoms with E-state index in [1.165, 1.54) is 6.26 Å². The minimum Gasteiger partial charge on any atom is -0.475 e. The average Bonchev–Trinajstić information content (AvgIpc) is 2.06.